The molecule has 1 N–H and O–H groups in total. The van der Waals surface area contributed by atoms with Crippen LogP contribution >= 0.6 is 15.9 Å². The van der Waals surface area contributed by atoms with E-state index >= 15 is 0 Å². The van der Waals surface area contributed by atoms with Gasteiger partial charge in [0.05, 0.1) is 5.92 Å². The summed E-state index contributed by atoms with van der Waals surface area (Å²) in [6.07, 6.45) is 0. The van der Waals surface area contributed by atoms with Crippen LogP contribution in [0.25, 0.3) is 0 Å². The minimum Gasteiger partial charge on any atom is -0.351 e. The number of fused-ring (bicyclic) bond motifs is 1. The van der Waals surface area contributed by atoms with Crippen LogP contribution in [0.3, 0.4) is 0 Å². The maximum Gasteiger partial charge on any atom is 0.232 e. The Morgan fingerprint density at radius 3 is 2.44 bits per heavy atom. The first-order valence-corrected chi connectivity index (χ1v) is 6.66. The van der Waals surface area contributed by atoms with Crippen molar-refractivity contribution in [3.63, 3.8) is 0 Å². The van der Waals surface area contributed by atoms with E-state index < -0.39 is 0 Å². The molecule has 0 aliphatic carbocycles. The topological polar surface area (TPSA) is 29.1 Å². The van der Waals surface area contributed by atoms with Gasteiger partial charge in [0.15, 0.2) is 0 Å². The Morgan fingerprint density at radius 1 is 1.00 bits per heavy atom. The smallest absolute Gasteiger partial charge is 0.232 e. The van der Waals surface area contributed by atoms with Gasteiger partial charge in [-0.1, -0.05) is 58.4 Å². The summed E-state index contributed by atoms with van der Waals surface area (Å²) in [6.45, 7) is 0.621. The number of hydrogen-bond donors (Lipinski definition) is 1. The third-order valence-corrected chi connectivity index (χ3v) is 4.02. The van der Waals surface area contributed by atoms with Crippen molar-refractivity contribution in [2.45, 2.75) is 12.5 Å². The lowest BCUT2D eigenvalue weighted by Gasteiger charge is -2.26. The van der Waals surface area contributed by atoms with Crippen LogP contribution in [0.1, 0.15) is 22.6 Å². The van der Waals surface area contributed by atoms with Crippen LogP contribution in [0.2, 0.25) is 0 Å². The molecule has 2 aromatic rings. The van der Waals surface area contributed by atoms with Gasteiger partial charge in [0.1, 0.15) is 0 Å². The van der Waals surface area contributed by atoms with Gasteiger partial charge >= 0.3 is 0 Å². The highest BCUT2D eigenvalue weighted by Gasteiger charge is 2.29. The van der Waals surface area contributed by atoms with Gasteiger partial charge in [-0.25, -0.2) is 0 Å². The molecule has 1 heterocycles. The van der Waals surface area contributed by atoms with Crippen LogP contribution in [0.5, 0.6) is 0 Å². The molecule has 3 rings (SSSR count). The molecule has 90 valence electrons. The lowest BCUT2D eigenvalue weighted by atomic mass is 9.85. The molecule has 0 saturated heterocycles. The average Bonchev–Trinajstić information content (AvgIpc) is 2.40. The van der Waals surface area contributed by atoms with Gasteiger partial charge in [0, 0.05) is 11.0 Å². The maximum atomic E-state index is 12.2. The molecule has 1 unspecified atom stereocenters. The zero-order valence-corrected chi connectivity index (χ0v) is 11.3. The molecule has 1 aliphatic heterocycles. The highest BCUT2D eigenvalue weighted by atomic mass is 79.9. The molecule has 18 heavy (non-hydrogen) atoms. The zero-order chi connectivity index (χ0) is 12.5. The Hall–Kier alpha value is -1.61. The van der Waals surface area contributed by atoms with E-state index in [1.807, 2.05) is 42.5 Å². The summed E-state index contributed by atoms with van der Waals surface area (Å²) >= 11 is 3.53. The summed E-state index contributed by atoms with van der Waals surface area (Å²) in [5.41, 5.74) is 3.31. The average molecular weight is 302 g/mol. The molecule has 0 spiro atoms. The highest BCUT2D eigenvalue weighted by molar-refractivity contribution is 9.10. The van der Waals surface area contributed by atoms with Crippen LogP contribution in [-0.2, 0) is 11.3 Å². The summed E-state index contributed by atoms with van der Waals surface area (Å²) < 4.78 is 0.974. The van der Waals surface area contributed by atoms with E-state index in [-0.39, 0.29) is 11.8 Å². The number of halogens is 1. The van der Waals surface area contributed by atoms with Crippen molar-refractivity contribution >= 4 is 21.8 Å². The first-order valence-electron chi connectivity index (χ1n) is 5.87. The molecule has 2 nitrogen and oxygen atoms in total. The number of rotatable bonds is 1. The largest absolute Gasteiger partial charge is 0.351 e. The molecule has 1 aliphatic rings. The van der Waals surface area contributed by atoms with E-state index in [1.165, 1.54) is 5.56 Å². The second kappa shape index (κ2) is 4.58. The minimum absolute atomic E-state index is 0.0700. The number of carbonyl (C=O) groups is 1. The fourth-order valence-electron chi connectivity index (χ4n) is 2.42. The quantitative estimate of drug-likeness (QED) is 0.861. The Bertz CT molecular complexity index is 609. The lowest BCUT2D eigenvalue weighted by molar-refractivity contribution is -0.122. The molecule has 1 atom stereocenters. The predicted octanol–water partition coefficient (Wildman–Crippen LogP) is 3.21. The van der Waals surface area contributed by atoms with E-state index in [4.69, 9.17) is 0 Å². The normalized spacial score (nSPS) is 18.1. The molecule has 0 saturated carbocycles. The van der Waals surface area contributed by atoms with Gasteiger partial charge in [0.2, 0.25) is 5.91 Å². The van der Waals surface area contributed by atoms with Crippen molar-refractivity contribution in [3.05, 3.63) is 69.7 Å². The van der Waals surface area contributed by atoms with Crippen molar-refractivity contribution in [1.82, 2.24) is 5.32 Å². The monoisotopic (exact) mass is 301 g/mol. The summed E-state index contributed by atoms with van der Waals surface area (Å²) in [4.78, 5) is 12.2. The van der Waals surface area contributed by atoms with Crippen LogP contribution in [0, 0.1) is 0 Å². The SMILES string of the molecule is O=C1NCc2ccccc2C1c1ccccc1Br. The van der Waals surface area contributed by atoms with E-state index in [1.54, 1.807) is 0 Å². The number of amides is 1. The molecular formula is C15H12BrNO. The van der Waals surface area contributed by atoms with E-state index in [2.05, 4.69) is 27.3 Å². The van der Waals surface area contributed by atoms with Gasteiger partial charge in [-0.2, -0.15) is 0 Å². The van der Waals surface area contributed by atoms with Crippen LogP contribution in [0.4, 0.5) is 0 Å². The summed E-state index contributed by atoms with van der Waals surface area (Å²) in [5, 5.41) is 2.95. The molecular weight excluding hydrogens is 290 g/mol. The fourth-order valence-corrected chi connectivity index (χ4v) is 2.93. The van der Waals surface area contributed by atoms with Crippen molar-refractivity contribution in [3.8, 4) is 0 Å². The summed E-state index contributed by atoms with van der Waals surface area (Å²) in [5.74, 6) is -0.147. The van der Waals surface area contributed by atoms with E-state index in [0.717, 1.165) is 15.6 Å². The Kier molecular flexibility index (Phi) is 2.92. The Balaban J connectivity index is 2.17. The number of benzene rings is 2. The number of nitrogens with one attached hydrogen (secondary N) is 1. The van der Waals surface area contributed by atoms with Crippen molar-refractivity contribution in [1.29, 1.82) is 0 Å². The Morgan fingerprint density at radius 2 is 1.67 bits per heavy atom. The van der Waals surface area contributed by atoms with Gasteiger partial charge in [-0.3, -0.25) is 4.79 Å². The predicted molar refractivity (Wildman–Crippen MR) is 74.3 cm³/mol. The molecule has 0 bridgehead atoms. The van der Waals surface area contributed by atoms with Gasteiger partial charge in [0.25, 0.3) is 0 Å². The lowest BCUT2D eigenvalue weighted by Crippen LogP contribution is -2.35. The zero-order valence-electron chi connectivity index (χ0n) is 9.69. The van der Waals surface area contributed by atoms with E-state index in [0.29, 0.717) is 6.54 Å². The van der Waals surface area contributed by atoms with Crippen LogP contribution in [0.15, 0.2) is 53.0 Å². The van der Waals surface area contributed by atoms with Gasteiger partial charge in [-0.15, -0.1) is 0 Å². The molecule has 0 radical (unpaired) electrons. The highest BCUT2D eigenvalue weighted by Crippen LogP contribution is 2.34. The Labute approximate surface area is 114 Å². The summed E-state index contributed by atoms with van der Waals surface area (Å²) in [7, 11) is 0. The third-order valence-electron chi connectivity index (χ3n) is 3.30. The third kappa shape index (κ3) is 1.85. The second-order valence-corrected chi connectivity index (χ2v) is 5.23. The van der Waals surface area contributed by atoms with Crippen molar-refractivity contribution in [2.75, 3.05) is 0 Å². The molecule has 0 aromatic heterocycles. The first kappa shape index (κ1) is 11.5. The van der Waals surface area contributed by atoms with Crippen molar-refractivity contribution in [2.24, 2.45) is 0 Å². The van der Waals surface area contributed by atoms with Gasteiger partial charge < -0.3 is 5.32 Å². The molecule has 0 fully saturated rings. The summed E-state index contributed by atoms with van der Waals surface area (Å²) in [6, 6.07) is 16.0. The standard InChI is InChI=1S/C15H12BrNO/c16-13-8-4-3-7-12(13)14-11-6-2-1-5-10(11)9-17-15(14)18/h1-8,14H,9H2,(H,17,18). The molecule has 3 heteroatoms. The van der Waals surface area contributed by atoms with Crippen LogP contribution < -0.4 is 5.32 Å². The molecule has 2 aromatic carbocycles. The maximum absolute atomic E-state index is 12.2. The van der Waals surface area contributed by atoms with Crippen LogP contribution in [-0.4, -0.2) is 5.91 Å². The first-order chi connectivity index (χ1) is 8.77. The minimum atomic E-state index is -0.217. The van der Waals surface area contributed by atoms with E-state index in [9.17, 15) is 4.79 Å². The van der Waals surface area contributed by atoms with Gasteiger partial charge in [-0.05, 0) is 22.8 Å². The second-order valence-electron chi connectivity index (χ2n) is 4.37. The number of hydrogen-bond acceptors (Lipinski definition) is 1. The van der Waals surface area contributed by atoms with Crippen molar-refractivity contribution < 1.29 is 4.79 Å². The molecule has 1 amide bonds. The number of carbonyl (C=O) groups excluding carboxylic acids is 1. The fraction of sp³-hybridized carbons (Fsp3) is 0.133.